The zero-order valence-corrected chi connectivity index (χ0v) is 17.1. The van der Waals surface area contributed by atoms with Gasteiger partial charge in [-0.2, -0.15) is 10.2 Å². The summed E-state index contributed by atoms with van der Waals surface area (Å²) in [7, 11) is 1.48. The second-order valence-electron chi connectivity index (χ2n) is 6.41. The highest BCUT2D eigenvalue weighted by Gasteiger charge is 2.24. The molecule has 4 rings (SSSR count). The van der Waals surface area contributed by atoms with Crippen molar-refractivity contribution in [1.29, 1.82) is 5.26 Å². The number of carboxylic acid groups (broad SMARTS) is 1. The minimum atomic E-state index is -1.56. The molecule has 2 aromatic carbocycles. The number of carbonyl (C=O) groups is 1. The molecule has 0 unspecified atom stereocenters. The number of methoxy groups -OCH3 is 1. The van der Waals surface area contributed by atoms with Crippen LogP contribution in [0.25, 0.3) is 28.2 Å². The first-order chi connectivity index (χ1) is 15.5. The number of hydrogen-bond donors (Lipinski definition) is 1. The van der Waals surface area contributed by atoms with Gasteiger partial charge in [0.15, 0.2) is 17.2 Å². The van der Waals surface area contributed by atoms with E-state index in [0.29, 0.717) is 29.4 Å². The number of para-hydroxylation sites is 2. The standard InChI is InChI=1S/C22H17N5O5/c1-3-31-14-10-8-13(9-11-14)19-24-15(12-23)18-20(26-19)27(21(25-18)32-22(28)29)16-6-4-5-7-17(16)30-2/h4-11H,3H2,1-2H3,(H,28,29). The third kappa shape index (κ3) is 3.75. The molecule has 0 aliphatic heterocycles. The van der Waals surface area contributed by atoms with Crippen molar-refractivity contribution in [1.82, 2.24) is 19.5 Å². The zero-order valence-electron chi connectivity index (χ0n) is 17.1. The summed E-state index contributed by atoms with van der Waals surface area (Å²) in [5.74, 6) is 1.38. The van der Waals surface area contributed by atoms with Gasteiger partial charge in [0.2, 0.25) is 0 Å². The van der Waals surface area contributed by atoms with Crippen LogP contribution in [0.3, 0.4) is 0 Å². The van der Waals surface area contributed by atoms with Crippen LogP contribution in [0.1, 0.15) is 12.6 Å². The molecule has 0 fully saturated rings. The quantitative estimate of drug-likeness (QED) is 0.452. The Morgan fingerprint density at radius 2 is 1.88 bits per heavy atom. The predicted octanol–water partition coefficient (Wildman–Crippen LogP) is 3.82. The van der Waals surface area contributed by atoms with E-state index < -0.39 is 6.16 Å². The lowest BCUT2D eigenvalue weighted by Gasteiger charge is -2.12. The van der Waals surface area contributed by atoms with Gasteiger partial charge in [0.25, 0.3) is 0 Å². The Hall–Kier alpha value is -4.65. The SMILES string of the molecule is CCOc1ccc(-c2nc(C#N)c3nc(OC(=O)O)n(-c4ccccc4OC)c3n2)cc1. The number of hydrogen-bond acceptors (Lipinski definition) is 8. The van der Waals surface area contributed by atoms with Gasteiger partial charge in [0, 0.05) is 5.56 Å². The molecule has 0 amide bonds. The van der Waals surface area contributed by atoms with Crippen LogP contribution in [0, 0.1) is 11.3 Å². The lowest BCUT2D eigenvalue weighted by Crippen LogP contribution is -2.09. The van der Waals surface area contributed by atoms with Crippen LogP contribution in [0.5, 0.6) is 17.5 Å². The van der Waals surface area contributed by atoms with Crippen LogP contribution < -0.4 is 14.2 Å². The Morgan fingerprint density at radius 3 is 2.53 bits per heavy atom. The fourth-order valence-electron chi connectivity index (χ4n) is 3.19. The molecule has 0 aliphatic rings. The number of rotatable bonds is 6. The van der Waals surface area contributed by atoms with E-state index in [1.165, 1.54) is 11.7 Å². The Morgan fingerprint density at radius 1 is 1.12 bits per heavy atom. The molecule has 0 spiro atoms. The van der Waals surface area contributed by atoms with Crippen molar-refractivity contribution in [3.8, 4) is 40.7 Å². The number of benzene rings is 2. The highest BCUT2D eigenvalue weighted by Crippen LogP contribution is 2.33. The molecule has 0 saturated heterocycles. The van der Waals surface area contributed by atoms with E-state index in [-0.39, 0.29) is 28.7 Å². The van der Waals surface area contributed by atoms with Crippen LogP contribution in [0.15, 0.2) is 48.5 Å². The van der Waals surface area contributed by atoms with Crippen molar-refractivity contribution in [2.75, 3.05) is 13.7 Å². The fraction of sp³-hybridized carbons (Fsp3) is 0.136. The number of ether oxygens (including phenoxy) is 3. The second-order valence-corrected chi connectivity index (χ2v) is 6.41. The lowest BCUT2D eigenvalue weighted by molar-refractivity contribution is 0.140. The highest BCUT2D eigenvalue weighted by molar-refractivity contribution is 5.83. The monoisotopic (exact) mass is 431 g/mol. The van der Waals surface area contributed by atoms with Gasteiger partial charge >= 0.3 is 12.2 Å². The largest absolute Gasteiger partial charge is 0.513 e. The van der Waals surface area contributed by atoms with Crippen LogP contribution in [-0.2, 0) is 0 Å². The van der Waals surface area contributed by atoms with Crippen molar-refractivity contribution in [2.45, 2.75) is 6.92 Å². The minimum Gasteiger partial charge on any atom is -0.495 e. The Bertz CT molecular complexity index is 1340. The maximum atomic E-state index is 11.3. The molecular weight excluding hydrogens is 414 g/mol. The average molecular weight is 431 g/mol. The van der Waals surface area contributed by atoms with E-state index in [4.69, 9.17) is 14.2 Å². The predicted molar refractivity (Wildman–Crippen MR) is 113 cm³/mol. The van der Waals surface area contributed by atoms with Gasteiger partial charge in [-0.1, -0.05) is 12.1 Å². The van der Waals surface area contributed by atoms with E-state index in [2.05, 4.69) is 15.0 Å². The third-order valence-corrected chi connectivity index (χ3v) is 4.51. The number of aromatic nitrogens is 4. The molecular formula is C22H17N5O5. The summed E-state index contributed by atoms with van der Waals surface area (Å²) in [5, 5.41) is 18.9. The maximum absolute atomic E-state index is 11.3. The number of fused-ring (bicyclic) bond motifs is 1. The van der Waals surface area contributed by atoms with Gasteiger partial charge in [0.05, 0.1) is 19.4 Å². The van der Waals surface area contributed by atoms with E-state index in [1.807, 2.05) is 13.0 Å². The van der Waals surface area contributed by atoms with Crippen molar-refractivity contribution in [2.24, 2.45) is 0 Å². The van der Waals surface area contributed by atoms with E-state index in [0.717, 1.165) is 0 Å². The number of imidazole rings is 1. The van der Waals surface area contributed by atoms with Gasteiger partial charge in [-0.15, -0.1) is 0 Å². The molecule has 2 heterocycles. The van der Waals surface area contributed by atoms with Crippen LogP contribution in [0.2, 0.25) is 0 Å². The first kappa shape index (κ1) is 20.6. The molecule has 0 bridgehead atoms. The van der Waals surface area contributed by atoms with Gasteiger partial charge in [-0.05, 0) is 43.3 Å². The summed E-state index contributed by atoms with van der Waals surface area (Å²) in [4.78, 5) is 24.4. The second kappa shape index (κ2) is 8.61. The lowest BCUT2D eigenvalue weighted by atomic mass is 10.2. The van der Waals surface area contributed by atoms with Gasteiger partial charge < -0.3 is 19.3 Å². The average Bonchev–Trinajstić information content (AvgIpc) is 3.16. The molecule has 32 heavy (non-hydrogen) atoms. The van der Waals surface area contributed by atoms with Crippen molar-refractivity contribution < 1.29 is 24.1 Å². The van der Waals surface area contributed by atoms with Crippen LogP contribution in [-0.4, -0.2) is 44.5 Å². The summed E-state index contributed by atoms with van der Waals surface area (Å²) in [6.07, 6.45) is -1.56. The minimum absolute atomic E-state index is 0.0252. The van der Waals surface area contributed by atoms with Gasteiger partial charge in [-0.3, -0.25) is 0 Å². The molecule has 0 atom stereocenters. The molecule has 160 valence electrons. The third-order valence-electron chi connectivity index (χ3n) is 4.51. The summed E-state index contributed by atoms with van der Waals surface area (Å²) < 4.78 is 17.1. The Balaban J connectivity index is 1.99. The molecule has 10 nitrogen and oxygen atoms in total. The molecule has 1 N–H and O–H groups in total. The number of nitrogens with zero attached hydrogens (tertiary/aromatic N) is 5. The summed E-state index contributed by atoms with van der Waals surface area (Å²) >= 11 is 0. The zero-order chi connectivity index (χ0) is 22.7. The maximum Gasteiger partial charge on any atom is 0.513 e. The number of nitriles is 1. The first-order valence-electron chi connectivity index (χ1n) is 9.53. The molecule has 2 aromatic heterocycles. The smallest absolute Gasteiger partial charge is 0.495 e. The Kier molecular flexibility index (Phi) is 5.55. The Labute approximate surface area is 182 Å². The van der Waals surface area contributed by atoms with Gasteiger partial charge in [-0.25, -0.2) is 19.3 Å². The summed E-state index contributed by atoms with van der Waals surface area (Å²) in [6, 6.07) is 15.7. The molecule has 0 radical (unpaired) electrons. The summed E-state index contributed by atoms with van der Waals surface area (Å²) in [5.41, 5.74) is 1.35. The first-order valence-corrected chi connectivity index (χ1v) is 9.53. The van der Waals surface area contributed by atoms with Crippen LogP contribution >= 0.6 is 0 Å². The molecule has 10 heteroatoms. The van der Waals surface area contributed by atoms with E-state index >= 15 is 0 Å². The van der Waals surface area contributed by atoms with E-state index in [9.17, 15) is 15.2 Å². The van der Waals surface area contributed by atoms with Crippen molar-refractivity contribution in [3.05, 3.63) is 54.2 Å². The van der Waals surface area contributed by atoms with Crippen molar-refractivity contribution >= 4 is 17.3 Å². The molecule has 0 aliphatic carbocycles. The summed E-state index contributed by atoms with van der Waals surface area (Å²) in [6.45, 7) is 2.42. The molecule has 4 aromatic rings. The van der Waals surface area contributed by atoms with Crippen molar-refractivity contribution in [3.63, 3.8) is 0 Å². The molecule has 0 saturated carbocycles. The van der Waals surface area contributed by atoms with Gasteiger partial charge in [0.1, 0.15) is 23.1 Å². The highest BCUT2D eigenvalue weighted by atomic mass is 16.7. The normalized spacial score (nSPS) is 10.5. The fourth-order valence-corrected chi connectivity index (χ4v) is 3.19. The van der Waals surface area contributed by atoms with E-state index in [1.54, 1.807) is 48.5 Å². The topological polar surface area (TPSA) is 132 Å². The van der Waals surface area contributed by atoms with Crippen LogP contribution in [0.4, 0.5) is 4.79 Å².